The molecule has 4 aliphatic rings. The third kappa shape index (κ3) is 8.97. The molecule has 45 heavy (non-hydrogen) atoms. The number of rotatable bonds is 15. The van der Waals surface area contributed by atoms with Crippen molar-refractivity contribution in [1.29, 1.82) is 0 Å². The first kappa shape index (κ1) is 35.1. The minimum atomic E-state index is -0.816. The lowest BCUT2D eigenvalue weighted by molar-refractivity contribution is -0.165. The first-order chi connectivity index (χ1) is 21.4. The van der Waals surface area contributed by atoms with Crippen molar-refractivity contribution < 1.29 is 42.9 Å². The zero-order chi connectivity index (χ0) is 32.6. The Kier molecular flexibility index (Phi) is 12.3. The van der Waals surface area contributed by atoms with E-state index < -0.39 is 24.0 Å². The smallest absolute Gasteiger partial charge is 0.306 e. The molecule has 9 nitrogen and oxygen atoms in total. The molecule has 0 aromatic heterocycles. The van der Waals surface area contributed by atoms with Crippen molar-refractivity contribution in [2.45, 2.75) is 143 Å². The molecule has 0 amide bonds. The van der Waals surface area contributed by atoms with E-state index in [9.17, 15) is 24.0 Å². The van der Waals surface area contributed by atoms with Gasteiger partial charge in [-0.1, -0.05) is 45.1 Å². The molecule has 4 rings (SSSR count). The van der Waals surface area contributed by atoms with Crippen LogP contribution in [0, 0.1) is 28.6 Å². The van der Waals surface area contributed by atoms with Gasteiger partial charge < -0.3 is 18.9 Å². The number of hydrogen-bond donors (Lipinski definition) is 0. The predicted molar refractivity (Wildman–Crippen MR) is 167 cm³/mol. The Labute approximate surface area is 268 Å². The fourth-order valence-corrected chi connectivity index (χ4v) is 8.95. The van der Waals surface area contributed by atoms with Crippen molar-refractivity contribution >= 4 is 29.7 Å². The number of fused-ring (bicyclic) bond motifs is 5. The molecule has 0 aliphatic heterocycles. The average molecular weight is 631 g/mol. The van der Waals surface area contributed by atoms with Crippen LogP contribution in [0.25, 0.3) is 0 Å². The fraction of sp³-hybridized carbons (Fsp3) is 0.806. The number of hydrogen-bond acceptors (Lipinski definition) is 9. The lowest BCUT2D eigenvalue weighted by Gasteiger charge is -2.57. The van der Waals surface area contributed by atoms with Crippen LogP contribution in [-0.4, -0.2) is 55.1 Å². The lowest BCUT2D eigenvalue weighted by Crippen LogP contribution is -2.51. The quantitative estimate of drug-likeness (QED) is 0.112. The van der Waals surface area contributed by atoms with Crippen LogP contribution in [0.1, 0.15) is 130 Å². The number of carbonyl (C=O) groups excluding carboxylic acids is 5. The van der Waals surface area contributed by atoms with Gasteiger partial charge in [0.2, 0.25) is 0 Å². The Morgan fingerprint density at radius 2 is 1.40 bits per heavy atom. The van der Waals surface area contributed by atoms with Crippen LogP contribution >= 0.6 is 0 Å². The molecule has 6 atom stereocenters. The Balaban J connectivity index is 1.10. The van der Waals surface area contributed by atoms with E-state index in [-0.39, 0.29) is 42.5 Å². The maximum Gasteiger partial charge on any atom is 0.306 e. The number of ether oxygens (including phenoxy) is 4. The molecule has 0 heterocycles. The molecular formula is C36H54O9. The van der Waals surface area contributed by atoms with Gasteiger partial charge in [-0.25, -0.2) is 0 Å². The minimum Gasteiger partial charge on any atom is -0.462 e. The van der Waals surface area contributed by atoms with Crippen LogP contribution in [0.2, 0.25) is 0 Å². The predicted octanol–water partition coefficient (Wildman–Crippen LogP) is 6.59. The monoisotopic (exact) mass is 630 g/mol. The summed E-state index contributed by atoms with van der Waals surface area (Å²) in [5, 5.41) is 0. The van der Waals surface area contributed by atoms with Gasteiger partial charge in [0, 0.05) is 38.5 Å². The fourth-order valence-electron chi connectivity index (χ4n) is 8.95. The summed E-state index contributed by atoms with van der Waals surface area (Å²) in [6, 6.07) is 0. The molecule has 0 aromatic rings. The van der Waals surface area contributed by atoms with E-state index >= 15 is 0 Å². The average Bonchev–Trinajstić information content (AvgIpc) is 3.31. The highest BCUT2D eigenvalue weighted by Crippen LogP contribution is 2.65. The summed E-state index contributed by atoms with van der Waals surface area (Å²) in [4.78, 5) is 59.3. The van der Waals surface area contributed by atoms with Crippen LogP contribution in [0.5, 0.6) is 0 Å². The van der Waals surface area contributed by atoms with E-state index in [0.717, 1.165) is 77.0 Å². The Morgan fingerprint density at radius 3 is 2.04 bits per heavy atom. The van der Waals surface area contributed by atoms with Gasteiger partial charge in [0.1, 0.15) is 19.3 Å². The maximum absolute atomic E-state index is 12.9. The van der Waals surface area contributed by atoms with Gasteiger partial charge in [0.05, 0.1) is 0 Å². The summed E-state index contributed by atoms with van der Waals surface area (Å²) in [5.41, 5.74) is 1.62. The summed E-state index contributed by atoms with van der Waals surface area (Å²) in [5.74, 6) is 0.708. The largest absolute Gasteiger partial charge is 0.462 e. The van der Waals surface area contributed by atoms with Crippen molar-refractivity contribution in [2.24, 2.45) is 28.6 Å². The van der Waals surface area contributed by atoms with E-state index in [1.165, 1.54) is 19.4 Å². The SMILES string of the molecule is CC(=O)OCC(COC(C)=O)OC(=O)CCCCCCCCC(=O)O[C@H]1CCC2[C@@H]3CCC4=CC(=O)CC[C@]4(C)C3CC[C@@]21C. The van der Waals surface area contributed by atoms with Gasteiger partial charge in [-0.2, -0.15) is 0 Å². The normalized spacial score (nSPS) is 30.4. The lowest BCUT2D eigenvalue weighted by atomic mass is 9.47. The van der Waals surface area contributed by atoms with Crippen molar-refractivity contribution in [1.82, 2.24) is 0 Å². The first-order valence-electron chi connectivity index (χ1n) is 17.3. The highest BCUT2D eigenvalue weighted by Gasteiger charge is 2.59. The van der Waals surface area contributed by atoms with Gasteiger partial charge in [-0.15, -0.1) is 0 Å². The topological polar surface area (TPSA) is 122 Å². The molecule has 0 radical (unpaired) electrons. The number of allylic oxidation sites excluding steroid dienone is 1. The number of unbranched alkanes of at least 4 members (excludes halogenated alkanes) is 5. The highest BCUT2D eigenvalue weighted by atomic mass is 16.6. The summed E-state index contributed by atoms with van der Waals surface area (Å²) in [6.07, 6.45) is 15.3. The molecule has 0 aromatic carbocycles. The Morgan fingerprint density at radius 1 is 0.778 bits per heavy atom. The molecular weight excluding hydrogens is 576 g/mol. The van der Waals surface area contributed by atoms with Gasteiger partial charge >= 0.3 is 23.9 Å². The van der Waals surface area contributed by atoms with Gasteiger partial charge in [-0.3, -0.25) is 24.0 Å². The maximum atomic E-state index is 12.9. The van der Waals surface area contributed by atoms with Crippen LogP contribution in [0.4, 0.5) is 0 Å². The minimum absolute atomic E-state index is 0.0102. The van der Waals surface area contributed by atoms with Gasteiger partial charge in [-0.05, 0) is 87.0 Å². The first-order valence-corrected chi connectivity index (χ1v) is 17.3. The number of esters is 4. The molecule has 3 fully saturated rings. The third-order valence-corrected chi connectivity index (χ3v) is 11.4. The second-order valence-electron chi connectivity index (χ2n) is 14.4. The summed E-state index contributed by atoms with van der Waals surface area (Å²) in [7, 11) is 0. The summed E-state index contributed by atoms with van der Waals surface area (Å²) < 4.78 is 21.3. The van der Waals surface area contributed by atoms with Crippen LogP contribution in [0.3, 0.4) is 0 Å². The molecule has 9 heteroatoms. The highest BCUT2D eigenvalue weighted by molar-refractivity contribution is 5.91. The van der Waals surface area contributed by atoms with Gasteiger partial charge in [0.15, 0.2) is 11.9 Å². The molecule has 0 spiro atoms. The van der Waals surface area contributed by atoms with Crippen molar-refractivity contribution in [3.8, 4) is 0 Å². The van der Waals surface area contributed by atoms with Crippen LogP contribution in [0.15, 0.2) is 11.6 Å². The second kappa shape index (κ2) is 15.7. The van der Waals surface area contributed by atoms with Crippen molar-refractivity contribution in [2.75, 3.05) is 13.2 Å². The zero-order valence-electron chi connectivity index (χ0n) is 27.9. The summed E-state index contributed by atoms with van der Waals surface area (Å²) >= 11 is 0. The van der Waals surface area contributed by atoms with E-state index in [2.05, 4.69) is 13.8 Å². The van der Waals surface area contributed by atoms with Crippen molar-refractivity contribution in [3.63, 3.8) is 0 Å². The van der Waals surface area contributed by atoms with Crippen LogP contribution in [-0.2, 0) is 42.9 Å². The Hall–Kier alpha value is -2.71. The van der Waals surface area contributed by atoms with E-state index in [1.807, 2.05) is 6.08 Å². The molecule has 0 saturated heterocycles. The van der Waals surface area contributed by atoms with E-state index in [1.54, 1.807) is 0 Å². The Bertz CT molecular complexity index is 1110. The van der Waals surface area contributed by atoms with Crippen molar-refractivity contribution in [3.05, 3.63) is 11.6 Å². The molecule has 2 unspecified atom stereocenters. The van der Waals surface area contributed by atoms with E-state index in [4.69, 9.17) is 18.9 Å². The van der Waals surface area contributed by atoms with Gasteiger partial charge in [0.25, 0.3) is 0 Å². The number of carbonyl (C=O) groups is 5. The third-order valence-electron chi connectivity index (χ3n) is 11.4. The zero-order valence-corrected chi connectivity index (χ0v) is 27.9. The molecule has 252 valence electrons. The second-order valence-corrected chi connectivity index (χ2v) is 14.4. The molecule has 3 saturated carbocycles. The number of ketones is 1. The summed E-state index contributed by atoms with van der Waals surface area (Å²) in [6.45, 7) is 6.99. The van der Waals surface area contributed by atoms with Crippen LogP contribution < -0.4 is 0 Å². The molecule has 4 aliphatic carbocycles. The molecule has 0 N–H and O–H groups in total. The molecule has 0 bridgehead atoms. The standard InChI is InChI=1S/C36H54O9/c1-24(37)42-22-28(23-43-25(2)38)44-33(40)11-9-7-5-6-8-10-12-34(41)45-32-16-15-30-29-14-13-26-21-27(39)17-19-35(26,3)31(29)18-20-36(30,32)4/h21,28-32H,5-20,22-23H2,1-4H3/t29-,30?,31?,32-,35-,36-/m0/s1. The van der Waals surface area contributed by atoms with E-state index in [0.29, 0.717) is 42.8 Å².